The molecule has 1 spiro atoms. The molecule has 1 heterocycles. The summed E-state index contributed by atoms with van der Waals surface area (Å²) in [6, 6.07) is -0.131. The van der Waals surface area contributed by atoms with Crippen molar-refractivity contribution in [2.45, 2.75) is 89.1 Å². The molecule has 27 heavy (non-hydrogen) atoms. The van der Waals surface area contributed by atoms with E-state index in [2.05, 4.69) is 18.3 Å². The second-order valence-electron chi connectivity index (χ2n) is 8.69. The molecule has 0 atom stereocenters. The van der Waals surface area contributed by atoms with Crippen LogP contribution in [0.3, 0.4) is 0 Å². The van der Waals surface area contributed by atoms with Gasteiger partial charge in [-0.15, -0.1) is 0 Å². The van der Waals surface area contributed by atoms with Gasteiger partial charge in [-0.2, -0.15) is 0 Å². The van der Waals surface area contributed by atoms with Crippen LogP contribution in [0.1, 0.15) is 77.6 Å². The maximum absolute atomic E-state index is 13.1. The Morgan fingerprint density at radius 3 is 2.56 bits per heavy atom. The highest BCUT2D eigenvalue weighted by Gasteiger charge is 2.53. The van der Waals surface area contributed by atoms with Gasteiger partial charge in [0.05, 0.1) is 0 Å². The van der Waals surface area contributed by atoms with E-state index in [9.17, 15) is 14.4 Å². The van der Waals surface area contributed by atoms with Gasteiger partial charge in [-0.25, -0.2) is 4.79 Å². The van der Waals surface area contributed by atoms with Crippen LogP contribution in [0.2, 0.25) is 0 Å². The van der Waals surface area contributed by atoms with Gasteiger partial charge in [-0.1, -0.05) is 19.4 Å². The summed E-state index contributed by atoms with van der Waals surface area (Å²) in [5.74, 6) is 0.344. The van der Waals surface area contributed by atoms with Crippen LogP contribution in [0.15, 0.2) is 11.8 Å². The molecule has 0 radical (unpaired) electrons. The Morgan fingerprint density at radius 1 is 1.22 bits per heavy atom. The molecule has 4 amide bonds. The van der Waals surface area contributed by atoms with Crippen LogP contribution >= 0.6 is 0 Å². The van der Waals surface area contributed by atoms with Gasteiger partial charge in [-0.05, 0) is 70.1 Å². The topological polar surface area (TPSA) is 69.7 Å². The minimum absolute atomic E-state index is 0.103. The number of carbonyl (C=O) groups is 3. The molecule has 1 N–H and O–H groups in total. The van der Waals surface area contributed by atoms with E-state index < -0.39 is 11.6 Å². The van der Waals surface area contributed by atoms with Gasteiger partial charge in [0.1, 0.15) is 12.1 Å². The van der Waals surface area contributed by atoms with Crippen molar-refractivity contribution in [2.24, 2.45) is 5.92 Å². The average molecular weight is 373 g/mol. The molecular weight excluding hydrogens is 342 g/mol. The van der Waals surface area contributed by atoms with E-state index in [0.29, 0.717) is 18.8 Å². The minimum atomic E-state index is -0.766. The Kier molecular flexibility index (Phi) is 4.99. The third kappa shape index (κ3) is 3.50. The summed E-state index contributed by atoms with van der Waals surface area (Å²) in [7, 11) is 0. The van der Waals surface area contributed by atoms with E-state index >= 15 is 0 Å². The highest BCUT2D eigenvalue weighted by Crippen LogP contribution is 2.38. The lowest BCUT2D eigenvalue weighted by Gasteiger charge is -2.34. The maximum Gasteiger partial charge on any atom is 0.325 e. The monoisotopic (exact) mass is 373 g/mol. The molecule has 0 aromatic rings. The fourth-order valence-electron chi connectivity index (χ4n) is 4.92. The molecule has 6 heteroatoms. The fourth-order valence-corrected chi connectivity index (χ4v) is 4.92. The van der Waals surface area contributed by atoms with Crippen LogP contribution in [-0.2, 0) is 9.59 Å². The molecule has 0 unspecified atom stereocenters. The quantitative estimate of drug-likeness (QED) is 0.752. The summed E-state index contributed by atoms with van der Waals surface area (Å²) in [4.78, 5) is 41.7. The number of amides is 4. The third-order valence-corrected chi connectivity index (χ3v) is 6.83. The molecule has 148 valence electrons. The van der Waals surface area contributed by atoms with Gasteiger partial charge in [0, 0.05) is 11.7 Å². The molecule has 1 saturated heterocycles. The molecule has 6 nitrogen and oxygen atoms in total. The lowest BCUT2D eigenvalue weighted by Crippen LogP contribution is -2.50. The number of carbonyl (C=O) groups excluding carboxylic acids is 3. The largest absolute Gasteiger partial charge is 0.325 e. The van der Waals surface area contributed by atoms with Crippen LogP contribution in [0.25, 0.3) is 0 Å². The Morgan fingerprint density at radius 2 is 1.96 bits per heavy atom. The Hall–Kier alpha value is -1.85. The van der Waals surface area contributed by atoms with Crippen LogP contribution in [0.4, 0.5) is 4.79 Å². The second kappa shape index (κ2) is 7.28. The predicted octanol–water partition coefficient (Wildman–Crippen LogP) is 3.33. The van der Waals surface area contributed by atoms with Crippen molar-refractivity contribution < 1.29 is 14.4 Å². The number of nitrogens with zero attached hydrogens (tertiary/aromatic N) is 2. The zero-order valence-corrected chi connectivity index (χ0v) is 16.3. The van der Waals surface area contributed by atoms with Crippen molar-refractivity contribution in [1.29, 1.82) is 0 Å². The van der Waals surface area contributed by atoms with Crippen LogP contribution in [0.5, 0.6) is 0 Å². The van der Waals surface area contributed by atoms with Crippen LogP contribution in [-0.4, -0.2) is 45.8 Å². The molecule has 3 fully saturated rings. The number of nitrogens with one attached hydrogen (secondary N) is 1. The zero-order chi connectivity index (χ0) is 19.0. The summed E-state index contributed by atoms with van der Waals surface area (Å²) >= 11 is 0. The summed E-state index contributed by atoms with van der Waals surface area (Å²) < 4.78 is 0. The van der Waals surface area contributed by atoms with E-state index in [4.69, 9.17) is 0 Å². The number of hydrogen-bond acceptors (Lipinski definition) is 3. The number of hydrogen-bond donors (Lipinski definition) is 1. The van der Waals surface area contributed by atoms with E-state index in [0.717, 1.165) is 57.1 Å². The first-order chi connectivity index (χ1) is 13.0. The summed E-state index contributed by atoms with van der Waals surface area (Å²) in [5, 5.41) is 2.93. The summed E-state index contributed by atoms with van der Waals surface area (Å²) in [5.41, 5.74) is 0.330. The Labute approximate surface area is 161 Å². The van der Waals surface area contributed by atoms with Crippen molar-refractivity contribution in [3.63, 3.8) is 0 Å². The normalized spacial score (nSPS) is 31.1. The van der Waals surface area contributed by atoms with Crippen molar-refractivity contribution in [2.75, 3.05) is 6.54 Å². The number of rotatable bonds is 5. The highest BCUT2D eigenvalue weighted by atomic mass is 16.2. The first-order valence-corrected chi connectivity index (χ1v) is 10.7. The van der Waals surface area contributed by atoms with Crippen molar-refractivity contribution in [3.8, 4) is 0 Å². The number of imide groups is 1. The first-order valence-electron chi connectivity index (χ1n) is 10.7. The van der Waals surface area contributed by atoms with Crippen LogP contribution < -0.4 is 5.32 Å². The molecule has 0 aromatic heterocycles. The standard InChI is InChI=1S/C21H31N3O3/c1-2-15-10-12-21(13-11-15)19(26)23(20(27)22-21)14-18(25)24(17-8-9-17)16-6-4-3-5-7-16/h6,15,17H,2-5,7-14H2,1H3,(H,22,27). The zero-order valence-electron chi connectivity index (χ0n) is 16.3. The lowest BCUT2D eigenvalue weighted by atomic mass is 9.75. The molecular formula is C21H31N3O3. The van der Waals surface area contributed by atoms with E-state index in [1.165, 1.54) is 11.3 Å². The van der Waals surface area contributed by atoms with Crippen LogP contribution in [0, 0.1) is 5.92 Å². The van der Waals surface area contributed by atoms with E-state index in [1.54, 1.807) is 0 Å². The second-order valence-corrected chi connectivity index (χ2v) is 8.69. The van der Waals surface area contributed by atoms with Crippen molar-refractivity contribution in [3.05, 3.63) is 11.8 Å². The molecule has 3 aliphatic carbocycles. The molecule has 2 saturated carbocycles. The van der Waals surface area contributed by atoms with Gasteiger partial charge >= 0.3 is 6.03 Å². The Bertz CT molecular complexity index is 660. The summed E-state index contributed by atoms with van der Waals surface area (Å²) in [6.07, 6.45) is 12.8. The SMILES string of the molecule is CCC1CCC2(CC1)NC(=O)N(CC(=O)N(C1=CCCCC1)C1CC1)C2=O. The van der Waals surface area contributed by atoms with Gasteiger partial charge in [0.25, 0.3) is 5.91 Å². The summed E-state index contributed by atoms with van der Waals surface area (Å²) in [6.45, 7) is 2.05. The molecule has 4 aliphatic rings. The van der Waals surface area contributed by atoms with Gasteiger partial charge in [0.2, 0.25) is 5.91 Å². The maximum atomic E-state index is 13.1. The van der Waals surface area contributed by atoms with E-state index in [-0.39, 0.29) is 24.4 Å². The smallest absolute Gasteiger partial charge is 0.323 e. The van der Waals surface area contributed by atoms with Gasteiger partial charge in [-0.3, -0.25) is 14.5 Å². The number of allylic oxidation sites excluding steroid dienone is 2. The molecule has 4 rings (SSSR count). The minimum Gasteiger partial charge on any atom is -0.323 e. The molecule has 1 aliphatic heterocycles. The van der Waals surface area contributed by atoms with Gasteiger partial charge < -0.3 is 10.2 Å². The number of urea groups is 1. The third-order valence-electron chi connectivity index (χ3n) is 6.83. The van der Waals surface area contributed by atoms with Gasteiger partial charge in [0.15, 0.2) is 0 Å². The predicted molar refractivity (Wildman–Crippen MR) is 102 cm³/mol. The Balaban J connectivity index is 1.45. The first kappa shape index (κ1) is 18.5. The van der Waals surface area contributed by atoms with E-state index in [1.807, 2.05) is 4.90 Å². The fraction of sp³-hybridized carbons (Fsp3) is 0.762. The highest BCUT2D eigenvalue weighted by molar-refractivity contribution is 6.09. The van der Waals surface area contributed by atoms with Crippen molar-refractivity contribution in [1.82, 2.24) is 15.1 Å². The van der Waals surface area contributed by atoms with Crippen molar-refractivity contribution >= 4 is 17.8 Å². The molecule has 0 bridgehead atoms. The molecule has 0 aromatic carbocycles. The lowest BCUT2D eigenvalue weighted by molar-refractivity contribution is -0.139. The average Bonchev–Trinajstić information content (AvgIpc) is 3.48.